The van der Waals surface area contributed by atoms with E-state index in [1.54, 1.807) is 7.11 Å². The van der Waals surface area contributed by atoms with Crippen molar-refractivity contribution < 1.29 is 14.6 Å². The number of methoxy groups -OCH3 is 1. The summed E-state index contributed by atoms with van der Waals surface area (Å²) in [5.41, 5.74) is 1.99. The Morgan fingerprint density at radius 3 is 2.89 bits per heavy atom. The zero-order valence-electron chi connectivity index (χ0n) is 11.7. The lowest BCUT2D eigenvalue weighted by Gasteiger charge is -2.26. The zero-order valence-corrected chi connectivity index (χ0v) is 13.3. The van der Waals surface area contributed by atoms with Crippen LogP contribution < -0.4 is 4.74 Å². The minimum atomic E-state index is -0.433. The van der Waals surface area contributed by atoms with Gasteiger partial charge in [0, 0.05) is 30.8 Å². The van der Waals surface area contributed by atoms with Crippen LogP contribution in [0.3, 0.4) is 0 Å². The molecule has 0 saturated heterocycles. The second-order valence-corrected chi connectivity index (χ2v) is 6.59. The number of aliphatic hydroxyl groups excluding tert-OH is 1. The number of halogens is 1. The molecule has 0 spiro atoms. The van der Waals surface area contributed by atoms with E-state index in [9.17, 15) is 5.11 Å². The van der Waals surface area contributed by atoms with Gasteiger partial charge in [0.2, 0.25) is 0 Å². The number of benzene rings is 1. The van der Waals surface area contributed by atoms with Crippen LogP contribution in [0.25, 0.3) is 0 Å². The molecule has 4 heteroatoms. The summed E-state index contributed by atoms with van der Waals surface area (Å²) in [6.07, 6.45) is 1.71. The van der Waals surface area contributed by atoms with Gasteiger partial charge in [-0.25, -0.2) is 0 Å². The van der Waals surface area contributed by atoms with Crippen LogP contribution in [0.2, 0.25) is 0 Å². The second-order valence-electron chi connectivity index (χ2n) is 5.68. The number of rotatable bonds is 5. The molecule has 3 nitrogen and oxygen atoms in total. The third-order valence-corrected chi connectivity index (χ3v) is 4.02. The lowest BCUT2D eigenvalue weighted by molar-refractivity contribution is -0.0191. The van der Waals surface area contributed by atoms with Crippen LogP contribution in [0.15, 0.2) is 16.6 Å². The number of aliphatic hydroxyl groups is 1. The Balaban J connectivity index is 2.11. The Morgan fingerprint density at radius 2 is 2.21 bits per heavy atom. The molecule has 1 aliphatic rings. The van der Waals surface area contributed by atoms with E-state index in [2.05, 4.69) is 22.0 Å². The van der Waals surface area contributed by atoms with Crippen molar-refractivity contribution in [3.05, 3.63) is 27.7 Å². The standard InChI is InChI=1S/C15H21BrO3/c1-15(2,18-3)9-13(17)8-11-7-12(16)6-10-4-5-19-14(10)11/h6-7,13,17H,4-5,8-9H2,1-3H3. The normalized spacial score (nSPS) is 16.1. The molecule has 1 N–H and O–H groups in total. The highest BCUT2D eigenvalue weighted by Gasteiger charge is 2.24. The van der Waals surface area contributed by atoms with Crippen molar-refractivity contribution in [2.45, 2.75) is 44.8 Å². The topological polar surface area (TPSA) is 38.7 Å². The number of fused-ring (bicyclic) bond motifs is 1. The second kappa shape index (κ2) is 5.81. The highest BCUT2D eigenvalue weighted by Crippen LogP contribution is 2.34. The lowest BCUT2D eigenvalue weighted by atomic mass is 9.95. The first-order valence-corrected chi connectivity index (χ1v) is 7.38. The summed E-state index contributed by atoms with van der Waals surface area (Å²) in [4.78, 5) is 0. The first-order valence-electron chi connectivity index (χ1n) is 6.58. The molecule has 1 atom stereocenters. The molecule has 0 saturated carbocycles. The Hall–Kier alpha value is -0.580. The van der Waals surface area contributed by atoms with Crippen LogP contribution in [-0.4, -0.2) is 30.5 Å². The fraction of sp³-hybridized carbons (Fsp3) is 0.600. The summed E-state index contributed by atoms with van der Waals surface area (Å²) in [7, 11) is 1.67. The van der Waals surface area contributed by atoms with Gasteiger partial charge in [-0.15, -0.1) is 0 Å². The van der Waals surface area contributed by atoms with E-state index in [0.29, 0.717) is 12.8 Å². The highest BCUT2D eigenvalue weighted by molar-refractivity contribution is 9.10. The van der Waals surface area contributed by atoms with E-state index < -0.39 is 6.10 Å². The van der Waals surface area contributed by atoms with Crippen molar-refractivity contribution in [1.29, 1.82) is 0 Å². The van der Waals surface area contributed by atoms with Gasteiger partial charge in [0.05, 0.1) is 18.3 Å². The van der Waals surface area contributed by atoms with Gasteiger partial charge in [0.25, 0.3) is 0 Å². The smallest absolute Gasteiger partial charge is 0.125 e. The Bertz CT molecular complexity index is 457. The molecule has 1 heterocycles. The molecule has 1 aromatic carbocycles. The third kappa shape index (κ3) is 3.71. The molecule has 1 unspecified atom stereocenters. The fourth-order valence-electron chi connectivity index (χ4n) is 2.47. The number of hydrogen-bond donors (Lipinski definition) is 1. The van der Waals surface area contributed by atoms with E-state index in [-0.39, 0.29) is 5.60 Å². The van der Waals surface area contributed by atoms with E-state index in [0.717, 1.165) is 28.8 Å². The van der Waals surface area contributed by atoms with Gasteiger partial charge in [-0.3, -0.25) is 0 Å². The van der Waals surface area contributed by atoms with Crippen molar-refractivity contribution in [2.75, 3.05) is 13.7 Å². The maximum Gasteiger partial charge on any atom is 0.125 e. The summed E-state index contributed by atoms with van der Waals surface area (Å²) in [5.74, 6) is 0.956. The van der Waals surface area contributed by atoms with Crippen molar-refractivity contribution in [2.24, 2.45) is 0 Å². The average molecular weight is 329 g/mol. The van der Waals surface area contributed by atoms with Crippen LogP contribution in [-0.2, 0) is 17.6 Å². The van der Waals surface area contributed by atoms with Gasteiger partial charge in [0.1, 0.15) is 5.75 Å². The number of ether oxygens (including phenoxy) is 2. The van der Waals surface area contributed by atoms with Gasteiger partial charge in [0.15, 0.2) is 0 Å². The van der Waals surface area contributed by atoms with Crippen LogP contribution in [0.4, 0.5) is 0 Å². The molecule has 0 amide bonds. The summed E-state index contributed by atoms with van der Waals surface area (Å²) >= 11 is 3.52. The average Bonchev–Trinajstić information content (AvgIpc) is 2.76. The van der Waals surface area contributed by atoms with Gasteiger partial charge in [-0.1, -0.05) is 15.9 Å². The van der Waals surface area contributed by atoms with E-state index in [1.165, 1.54) is 5.56 Å². The minimum Gasteiger partial charge on any atom is -0.493 e. The Kier molecular flexibility index (Phi) is 4.54. The third-order valence-electron chi connectivity index (χ3n) is 3.56. The molecule has 2 rings (SSSR count). The lowest BCUT2D eigenvalue weighted by Crippen LogP contribution is -2.29. The summed E-state index contributed by atoms with van der Waals surface area (Å²) in [5, 5.41) is 10.2. The predicted molar refractivity (Wildman–Crippen MR) is 78.8 cm³/mol. The summed E-state index contributed by atoms with van der Waals surface area (Å²) in [6, 6.07) is 4.13. The molecule has 0 aromatic heterocycles. The Morgan fingerprint density at radius 1 is 1.47 bits per heavy atom. The highest BCUT2D eigenvalue weighted by atomic mass is 79.9. The van der Waals surface area contributed by atoms with E-state index in [4.69, 9.17) is 9.47 Å². The molecule has 0 fully saturated rings. The monoisotopic (exact) mass is 328 g/mol. The SMILES string of the molecule is COC(C)(C)CC(O)Cc1cc(Br)cc2c1OCC2. The molecule has 0 bridgehead atoms. The maximum atomic E-state index is 10.2. The quantitative estimate of drug-likeness (QED) is 0.902. The summed E-state index contributed by atoms with van der Waals surface area (Å²) in [6.45, 7) is 4.70. The molecule has 1 aliphatic heterocycles. The van der Waals surface area contributed by atoms with Crippen molar-refractivity contribution >= 4 is 15.9 Å². The van der Waals surface area contributed by atoms with Crippen molar-refractivity contribution in [3.8, 4) is 5.75 Å². The molecule has 19 heavy (non-hydrogen) atoms. The fourth-order valence-corrected chi connectivity index (χ4v) is 3.03. The minimum absolute atomic E-state index is 0.310. The Labute approximate surface area is 123 Å². The van der Waals surface area contributed by atoms with Gasteiger partial charge < -0.3 is 14.6 Å². The van der Waals surface area contributed by atoms with Crippen LogP contribution in [0, 0.1) is 0 Å². The first kappa shape index (κ1) is 14.8. The first-order chi connectivity index (χ1) is 8.91. The maximum absolute atomic E-state index is 10.2. The van der Waals surface area contributed by atoms with E-state index >= 15 is 0 Å². The van der Waals surface area contributed by atoms with Gasteiger partial charge in [-0.2, -0.15) is 0 Å². The number of hydrogen-bond acceptors (Lipinski definition) is 3. The molecule has 0 radical (unpaired) electrons. The van der Waals surface area contributed by atoms with Gasteiger partial charge >= 0.3 is 0 Å². The largest absolute Gasteiger partial charge is 0.493 e. The molecular weight excluding hydrogens is 308 g/mol. The van der Waals surface area contributed by atoms with Crippen LogP contribution in [0.5, 0.6) is 5.75 Å². The molecule has 1 aromatic rings. The van der Waals surface area contributed by atoms with Crippen molar-refractivity contribution in [1.82, 2.24) is 0 Å². The van der Waals surface area contributed by atoms with Gasteiger partial charge in [-0.05, 0) is 37.1 Å². The molecule has 0 aliphatic carbocycles. The molecule has 106 valence electrons. The van der Waals surface area contributed by atoms with E-state index in [1.807, 2.05) is 19.9 Å². The predicted octanol–water partition coefficient (Wildman–Crippen LogP) is 3.10. The summed E-state index contributed by atoms with van der Waals surface area (Å²) < 4.78 is 12.1. The molecular formula is C15H21BrO3. The van der Waals surface area contributed by atoms with Crippen LogP contribution in [0.1, 0.15) is 31.4 Å². The van der Waals surface area contributed by atoms with Crippen molar-refractivity contribution in [3.63, 3.8) is 0 Å². The zero-order chi connectivity index (χ0) is 14.0. The van der Waals surface area contributed by atoms with Crippen LogP contribution >= 0.6 is 15.9 Å².